The van der Waals surface area contributed by atoms with Crippen molar-refractivity contribution in [2.45, 2.75) is 54.1 Å². The Labute approximate surface area is 310 Å². The average molecular weight is 849 g/mol. The van der Waals surface area contributed by atoms with Crippen LogP contribution in [0.2, 0.25) is 19.6 Å². The monoisotopic (exact) mass is 849 g/mol. The molecule has 0 fully saturated rings. The smallest absolute Gasteiger partial charge is 0.130 e. The van der Waals surface area contributed by atoms with E-state index >= 15 is 0 Å². The molecule has 245 valence electrons. The summed E-state index contributed by atoms with van der Waals surface area (Å²) in [6.07, 6.45) is 3.50. The zero-order valence-corrected chi connectivity index (χ0v) is 31.9. The normalized spacial score (nSPS) is 13.6. The Hall–Kier alpha value is -3.80. The van der Waals surface area contributed by atoms with Crippen molar-refractivity contribution in [3.63, 3.8) is 0 Å². The molecule has 0 amide bonds. The SMILES string of the molecule is Cc1cc(C)c(-c2ccnc(-c3[c-]ccc4c3sc3cccc(F)c34)c2)c(C)c1.[2H]C([2H])([2H])c1c[c-]c(-c2cc(C([2H])([2H])[2H])c([Si](C)(C)C)cn2)cc1.[Ir]. The van der Waals surface area contributed by atoms with Crippen molar-refractivity contribution in [2.75, 3.05) is 0 Å². The topological polar surface area (TPSA) is 25.8 Å². The molecule has 0 saturated heterocycles. The van der Waals surface area contributed by atoms with Crippen molar-refractivity contribution in [3.8, 4) is 33.6 Å². The van der Waals surface area contributed by atoms with Gasteiger partial charge in [0.1, 0.15) is 5.82 Å². The minimum atomic E-state index is -2.22. The second kappa shape index (κ2) is 14.4. The Bertz CT molecular complexity index is 2450. The zero-order chi connectivity index (χ0) is 38.5. The van der Waals surface area contributed by atoms with Crippen molar-refractivity contribution in [1.82, 2.24) is 9.97 Å². The van der Waals surface area contributed by atoms with E-state index in [-0.39, 0.29) is 31.5 Å². The molecule has 0 N–H and O–H groups in total. The van der Waals surface area contributed by atoms with Crippen LogP contribution in [0.5, 0.6) is 0 Å². The number of hydrogen-bond donors (Lipinski definition) is 0. The van der Waals surface area contributed by atoms with Gasteiger partial charge in [-0.05, 0) is 89.4 Å². The fourth-order valence-corrected chi connectivity index (χ4v) is 8.63. The second-order valence-corrected chi connectivity index (χ2v) is 19.0. The molecule has 6 heteroatoms. The van der Waals surface area contributed by atoms with Gasteiger partial charge >= 0.3 is 0 Å². The quantitative estimate of drug-likeness (QED) is 0.130. The van der Waals surface area contributed by atoms with E-state index in [4.69, 9.17) is 8.22 Å². The van der Waals surface area contributed by atoms with Crippen LogP contribution < -0.4 is 5.19 Å². The first kappa shape index (κ1) is 28.1. The molecule has 0 unspecified atom stereocenters. The van der Waals surface area contributed by atoms with Crippen molar-refractivity contribution < 1.29 is 32.7 Å². The predicted molar refractivity (Wildman–Crippen MR) is 202 cm³/mol. The molecule has 1 radical (unpaired) electrons. The largest absolute Gasteiger partial charge is 0.305 e. The number of thiophene rings is 1. The van der Waals surface area contributed by atoms with E-state index in [1.165, 1.54) is 40.5 Å². The molecule has 0 saturated carbocycles. The average Bonchev–Trinajstić information content (AvgIpc) is 3.47. The van der Waals surface area contributed by atoms with E-state index in [0.29, 0.717) is 22.2 Å². The summed E-state index contributed by atoms with van der Waals surface area (Å²) >= 11 is 1.60. The molecule has 48 heavy (non-hydrogen) atoms. The maximum absolute atomic E-state index is 14.5. The summed E-state index contributed by atoms with van der Waals surface area (Å²) in [6.45, 7) is 8.26. The van der Waals surface area contributed by atoms with E-state index in [2.05, 4.69) is 86.8 Å². The summed E-state index contributed by atoms with van der Waals surface area (Å²) in [4.78, 5) is 9.03. The molecule has 7 rings (SSSR count). The van der Waals surface area contributed by atoms with E-state index in [9.17, 15) is 4.39 Å². The van der Waals surface area contributed by atoms with Gasteiger partial charge in [-0.1, -0.05) is 73.3 Å². The Morgan fingerprint density at radius 2 is 1.60 bits per heavy atom. The molecule has 0 atom stereocenters. The summed E-state index contributed by atoms with van der Waals surface area (Å²) in [5, 5.41) is 2.42. The molecular weight excluding hydrogens is 804 g/mol. The van der Waals surface area contributed by atoms with Crippen LogP contribution in [0, 0.1) is 52.4 Å². The van der Waals surface area contributed by atoms with E-state index in [1.54, 1.807) is 35.7 Å². The molecule has 2 nitrogen and oxygen atoms in total. The number of aryl methyl sites for hydroxylation is 5. The summed E-state index contributed by atoms with van der Waals surface area (Å²) in [7, 11) is -1.85. The third-order valence-electron chi connectivity index (χ3n) is 8.19. The summed E-state index contributed by atoms with van der Waals surface area (Å²) < 4.78 is 62.0. The van der Waals surface area contributed by atoms with Crippen molar-refractivity contribution in [3.05, 3.63) is 137 Å². The number of rotatable bonds is 4. The maximum atomic E-state index is 14.5. The molecule has 0 aliphatic rings. The van der Waals surface area contributed by atoms with Crippen molar-refractivity contribution in [1.29, 1.82) is 0 Å². The Morgan fingerprint density at radius 1 is 0.812 bits per heavy atom. The Balaban J connectivity index is 0.000000208. The van der Waals surface area contributed by atoms with Gasteiger partial charge in [0.15, 0.2) is 0 Å². The third-order valence-corrected chi connectivity index (χ3v) is 11.4. The number of hydrogen-bond acceptors (Lipinski definition) is 3. The Kier molecular flexibility index (Phi) is 8.40. The van der Waals surface area contributed by atoms with Crippen LogP contribution >= 0.6 is 11.3 Å². The zero-order valence-electron chi connectivity index (χ0n) is 33.7. The fraction of sp³-hybridized carbons (Fsp3) is 0.190. The summed E-state index contributed by atoms with van der Waals surface area (Å²) in [5.41, 5.74) is 9.53. The first-order valence-corrected chi connectivity index (χ1v) is 19.7. The van der Waals surface area contributed by atoms with Crippen LogP contribution in [0.3, 0.4) is 0 Å². The molecule has 3 heterocycles. The first-order chi connectivity index (χ1) is 24.8. The molecule has 3 aromatic heterocycles. The van der Waals surface area contributed by atoms with Crippen molar-refractivity contribution >= 4 is 44.8 Å². The van der Waals surface area contributed by atoms with Crippen molar-refractivity contribution in [2.24, 2.45) is 0 Å². The predicted octanol–water partition coefficient (Wildman–Crippen LogP) is 11.4. The van der Waals surface area contributed by atoms with E-state index < -0.39 is 21.8 Å². The van der Waals surface area contributed by atoms with E-state index in [1.807, 2.05) is 24.4 Å². The molecule has 4 aromatic carbocycles. The maximum Gasteiger partial charge on any atom is 0.130 e. The van der Waals surface area contributed by atoms with Crippen LogP contribution in [-0.2, 0) is 20.1 Å². The third kappa shape index (κ3) is 7.28. The molecule has 0 bridgehead atoms. The van der Waals surface area contributed by atoms with Crippen LogP contribution in [-0.4, -0.2) is 18.0 Å². The molecular formula is C42H39FIrN2SSi-2. The summed E-state index contributed by atoms with van der Waals surface area (Å²) in [5.74, 6) is -0.182. The minimum Gasteiger partial charge on any atom is -0.305 e. The number of aromatic nitrogens is 2. The first-order valence-electron chi connectivity index (χ1n) is 18.4. The van der Waals surface area contributed by atoms with E-state index in [0.717, 1.165) is 36.8 Å². The number of benzene rings is 4. The summed E-state index contributed by atoms with van der Waals surface area (Å²) in [6, 6.07) is 30.0. The second-order valence-electron chi connectivity index (χ2n) is 12.9. The van der Waals surface area contributed by atoms with Gasteiger partial charge in [-0.2, -0.15) is 11.3 Å². The standard InChI is InChI=1S/C26H19FNS.C16H20NSi.Ir/c1-15-12-16(2)24(17(3)13-15)18-10-11-28-22(14-18)19-6-4-7-20-25-21(27)8-5-9-23(25)29-26(19)20;1-12-6-8-14(9-7-12)15-10-13(2)16(11-17-15)18(3,4)5;/h4-5,7-14H,1-3H3;6-8,10-11H,1-5H3;/q2*-1;/i;1D3,2D3;. The van der Waals surface area contributed by atoms with Crippen LogP contribution in [0.1, 0.15) is 36.0 Å². The molecule has 0 aliphatic carbocycles. The van der Waals surface area contributed by atoms with Crippen LogP contribution in [0.25, 0.3) is 53.8 Å². The van der Waals surface area contributed by atoms with Gasteiger partial charge in [0, 0.05) is 50.8 Å². The van der Waals surface area contributed by atoms with Gasteiger partial charge in [-0.15, -0.1) is 59.2 Å². The van der Waals surface area contributed by atoms with Crippen LogP contribution in [0.15, 0.2) is 91.3 Å². The van der Waals surface area contributed by atoms with Gasteiger partial charge in [0.05, 0.1) is 8.07 Å². The number of fused-ring (bicyclic) bond motifs is 3. The number of nitrogens with zero attached hydrogens (tertiary/aromatic N) is 2. The van der Waals surface area contributed by atoms with Gasteiger partial charge in [0.25, 0.3) is 0 Å². The Morgan fingerprint density at radius 3 is 2.29 bits per heavy atom. The van der Waals surface area contributed by atoms with Gasteiger partial charge in [-0.3, -0.25) is 0 Å². The van der Waals surface area contributed by atoms with Gasteiger partial charge in [0.2, 0.25) is 0 Å². The van der Waals surface area contributed by atoms with Gasteiger partial charge in [-0.25, -0.2) is 4.39 Å². The fourth-order valence-electron chi connectivity index (χ4n) is 6.08. The van der Waals surface area contributed by atoms with Gasteiger partial charge < -0.3 is 9.97 Å². The molecule has 7 aromatic rings. The molecule has 0 spiro atoms. The minimum absolute atomic E-state index is 0. The molecule has 0 aliphatic heterocycles. The number of halogens is 1. The van der Waals surface area contributed by atoms with Crippen LogP contribution in [0.4, 0.5) is 4.39 Å². The number of pyridine rings is 2.